The number of anilines is 1. The van der Waals surface area contributed by atoms with Crippen LogP contribution in [0.3, 0.4) is 0 Å². The quantitative estimate of drug-likeness (QED) is 0.758. The van der Waals surface area contributed by atoms with Crippen LogP contribution in [0.15, 0.2) is 18.2 Å². The van der Waals surface area contributed by atoms with Gasteiger partial charge in [0.2, 0.25) is 5.91 Å². The Balaban J connectivity index is 2.61. The Kier molecular flexibility index (Phi) is 4.25. The van der Waals surface area contributed by atoms with E-state index in [1.165, 1.54) is 0 Å². The average Bonchev–Trinajstić information content (AvgIpc) is 2.26. The zero-order valence-corrected chi connectivity index (χ0v) is 9.90. The monoisotopic (exact) mass is 222 g/mol. The van der Waals surface area contributed by atoms with Gasteiger partial charge in [0.15, 0.2) is 0 Å². The van der Waals surface area contributed by atoms with Crippen molar-refractivity contribution in [1.29, 1.82) is 0 Å². The third-order valence-electron chi connectivity index (χ3n) is 2.11. The standard InChI is InChI=1S/C11H18N4O/c1-8(12)11(16)13-7-9-5-4-6-10(14-9)15(2)3/h4-6,8H,7,12H2,1-3H3,(H,13,16). The van der Waals surface area contributed by atoms with Gasteiger partial charge in [-0.15, -0.1) is 0 Å². The molecule has 1 aromatic heterocycles. The minimum absolute atomic E-state index is 0.169. The van der Waals surface area contributed by atoms with Crippen molar-refractivity contribution < 1.29 is 4.79 Å². The average molecular weight is 222 g/mol. The minimum atomic E-state index is -0.489. The molecule has 0 fully saturated rings. The molecule has 1 heterocycles. The first kappa shape index (κ1) is 12.4. The summed E-state index contributed by atoms with van der Waals surface area (Å²) in [7, 11) is 3.85. The number of carbonyl (C=O) groups excluding carboxylic acids is 1. The van der Waals surface area contributed by atoms with Crippen LogP contribution in [0.5, 0.6) is 0 Å². The van der Waals surface area contributed by atoms with Gasteiger partial charge in [-0.1, -0.05) is 6.07 Å². The zero-order chi connectivity index (χ0) is 12.1. The molecule has 5 heteroatoms. The van der Waals surface area contributed by atoms with Crippen LogP contribution in [0.25, 0.3) is 0 Å². The summed E-state index contributed by atoms with van der Waals surface area (Å²) in [5.41, 5.74) is 6.26. The van der Waals surface area contributed by atoms with Crippen LogP contribution in [0.4, 0.5) is 5.82 Å². The Bertz CT molecular complexity index is 363. The summed E-state index contributed by atoms with van der Waals surface area (Å²) in [6.45, 7) is 2.06. The Morgan fingerprint density at radius 1 is 1.56 bits per heavy atom. The molecule has 1 aromatic rings. The number of hydrogen-bond acceptors (Lipinski definition) is 4. The fourth-order valence-electron chi connectivity index (χ4n) is 1.15. The number of amides is 1. The van der Waals surface area contributed by atoms with Gasteiger partial charge >= 0.3 is 0 Å². The van der Waals surface area contributed by atoms with Crippen molar-refractivity contribution in [3.63, 3.8) is 0 Å². The SMILES string of the molecule is CC(N)C(=O)NCc1cccc(N(C)C)n1. The molecule has 0 spiro atoms. The summed E-state index contributed by atoms with van der Waals surface area (Å²) in [5.74, 6) is 0.699. The van der Waals surface area contributed by atoms with Crippen molar-refractivity contribution in [1.82, 2.24) is 10.3 Å². The normalized spacial score (nSPS) is 12.0. The van der Waals surface area contributed by atoms with Crippen molar-refractivity contribution in [2.45, 2.75) is 19.5 Å². The van der Waals surface area contributed by atoms with Gasteiger partial charge < -0.3 is 16.0 Å². The van der Waals surface area contributed by atoms with Gasteiger partial charge in [0.05, 0.1) is 18.3 Å². The van der Waals surface area contributed by atoms with Crippen LogP contribution < -0.4 is 16.0 Å². The number of hydrogen-bond donors (Lipinski definition) is 2. The Morgan fingerprint density at radius 2 is 2.25 bits per heavy atom. The van der Waals surface area contributed by atoms with Crippen molar-refractivity contribution >= 4 is 11.7 Å². The van der Waals surface area contributed by atoms with E-state index in [0.717, 1.165) is 11.5 Å². The number of nitrogens with two attached hydrogens (primary N) is 1. The van der Waals surface area contributed by atoms with Crippen LogP contribution in [0.1, 0.15) is 12.6 Å². The van der Waals surface area contributed by atoms with Gasteiger partial charge in [0, 0.05) is 14.1 Å². The lowest BCUT2D eigenvalue weighted by Gasteiger charge is -2.13. The number of aromatic nitrogens is 1. The maximum atomic E-state index is 11.3. The molecule has 1 amide bonds. The molecular weight excluding hydrogens is 204 g/mol. The number of nitrogens with one attached hydrogen (secondary N) is 1. The third-order valence-corrected chi connectivity index (χ3v) is 2.11. The first-order valence-electron chi connectivity index (χ1n) is 5.17. The highest BCUT2D eigenvalue weighted by Crippen LogP contribution is 2.07. The van der Waals surface area contributed by atoms with Crippen molar-refractivity contribution in [2.24, 2.45) is 5.73 Å². The molecule has 1 rings (SSSR count). The van der Waals surface area contributed by atoms with E-state index in [4.69, 9.17) is 5.73 Å². The molecule has 88 valence electrons. The van der Waals surface area contributed by atoms with Gasteiger partial charge in [0.1, 0.15) is 5.82 Å². The molecule has 16 heavy (non-hydrogen) atoms. The zero-order valence-electron chi connectivity index (χ0n) is 9.90. The molecule has 0 saturated heterocycles. The Hall–Kier alpha value is -1.62. The van der Waals surface area contributed by atoms with Gasteiger partial charge in [-0.05, 0) is 19.1 Å². The van der Waals surface area contributed by atoms with Crippen molar-refractivity contribution in [2.75, 3.05) is 19.0 Å². The summed E-state index contributed by atoms with van der Waals surface area (Å²) in [6, 6.07) is 5.21. The van der Waals surface area contributed by atoms with Gasteiger partial charge in [-0.3, -0.25) is 4.79 Å². The van der Waals surface area contributed by atoms with Gasteiger partial charge in [-0.2, -0.15) is 0 Å². The lowest BCUT2D eigenvalue weighted by Crippen LogP contribution is -2.38. The van der Waals surface area contributed by atoms with Crippen molar-refractivity contribution in [3.05, 3.63) is 23.9 Å². The number of nitrogens with zero attached hydrogens (tertiary/aromatic N) is 2. The molecule has 3 N–H and O–H groups in total. The molecule has 0 aliphatic rings. The van der Waals surface area contributed by atoms with Crippen molar-refractivity contribution in [3.8, 4) is 0 Å². The number of carbonyl (C=O) groups is 1. The fraction of sp³-hybridized carbons (Fsp3) is 0.455. The largest absolute Gasteiger partial charge is 0.363 e. The van der Waals surface area contributed by atoms with E-state index in [9.17, 15) is 4.79 Å². The highest BCUT2D eigenvalue weighted by atomic mass is 16.2. The maximum absolute atomic E-state index is 11.3. The molecule has 0 aromatic carbocycles. The molecule has 1 atom stereocenters. The number of rotatable bonds is 4. The highest BCUT2D eigenvalue weighted by molar-refractivity contribution is 5.80. The van der Waals surface area contributed by atoms with Crippen LogP contribution in [0.2, 0.25) is 0 Å². The summed E-state index contributed by atoms with van der Waals surface area (Å²) in [4.78, 5) is 17.5. The summed E-state index contributed by atoms with van der Waals surface area (Å²) < 4.78 is 0. The topological polar surface area (TPSA) is 71.2 Å². The second-order valence-electron chi connectivity index (χ2n) is 3.89. The minimum Gasteiger partial charge on any atom is -0.363 e. The Morgan fingerprint density at radius 3 is 2.81 bits per heavy atom. The number of pyridine rings is 1. The molecule has 0 saturated carbocycles. The van der Waals surface area contributed by atoms with Crippen LogP contribution >= 0.6 is 0 Å². The first-order chi connectivity index (χ1) is 7.50. The van der Waals surface area contributed by atoms with E-state index < -0.39 is 6.04 Å². The lowest BCUT2D eigenvalue weighted by atomic mass is 10.3. The van der Waals surface area contributed by atoms with E-state index in [1.54, 1.807) is 6.92 Å². The smallest absolute Gasteiger partial charge is 0.236 e. The van der Waals surface area contributed by atoms with E-state index in [0.29, 0.717) is 6.54 Å². The van der Waals surface area contributed by atoms with Crippen LogP contribution in [-0.4, -0.2) is 31.0 Å². The second-order valence-corrected chi connectivity index (χ2v) is 3.89. The van der Waals surface area contributed by atoms with Gasteiger partial charge in [0.25, 0.3) is 0 Å². The second kappa shape index (κ2) is 5.46. The summed E-state index contributed by atoms with van der Waals surface area (Å²) in [5, 5.41) is 2.72. The van der Waals surface area contributed by atoms with Crippen LogP contribution in [-0.2, 0) is 11.3 Å². The summed E-state index contributed by atoms with van der Waals surface area (Å²) >= 11 is 0. The molecule has 5 nitrogen and oxygen atoms in total. The molecule has 0 radical (unpaired) electrons. The highest BCUT2D eigenvalue weighted by Gasteiger charge is 2.07. The maximum Gasteiger partial charge on any atom is 0.236 e. The van der Waals surface area contributed by atoms with Gasteiger partial charge in [-0.25, -0.2) is 4.98 Å². The van der Waals surface area contributed by atoms with E-state index in [1.807, 2.05) is 37.2 Å². The first-order valence-corrected chi connectivity index (χ1v) is 5.17. The fourth-order valence-corrected chi connectivity index (χ4v) is 1.15. The Labute approximate surface area is 95.7 Å². The summed E-state index contributed by atoms with van der Waals surface area (Å²) in [6.07, 6.45) is 0. The van der Waals surface area contributed by atoms with E-state index in [-0.39, 0.29) is 5.91 Å². The molecule has 0 aliphatic carbocycles. The van der Waals surface area contributed by atoms with Crippen LogP contribution in [0, 0.1) is 0 Å². The molecule has 1 unspecified atom stereocenters. The molecule has 0 bridgehead atoms. The molecular formula is C11H18N4O. The predicted octanol–water partition coefficient (Wildman–Crippen LogP) is 0.111. The lowest BCUT2D eigenvalue weighted by molar-refractivity contribution is -0.122. The predicted molar refractivity (Wildman–Crippen MR) is 64.1 cm³/mol. The van der Waals surface area contributed by atoms with E-state index in [2.05, 4.69) is 10.3 Å². The van der Waals surface area contributed by atoms with E-state index >= 15 is 0 Å². The third kappa shape index (κ3) is 3.51. The molecule has 0 aliphatic heterocycles.